The van der Waals surface area contributed by atoms with Gasteiger partial charge in [0, 0.05) is 10.8 Å². The summed E-state index contributed by atoms with van der Waals surface area (Å²) in [6.07, 6.45) is 0. The summed E-state index contributed by atoms with van der Waals surface area (Å²) in [5.74, 6) is 0. The minimum Gasteiger partial charge on any atom is -0.0623 e. The van der Waals surface area contributed by atoms with Gasteiger partial charge in [0.1, 0.15) is 8.07 Å². The maximum absolute atomic E-state index is 2.52. The minimum absolute atomic E-state index is 0.0677. The van der Waals surface area contributed by atoms with Crippen LogP contribution in [0.3, 0.4) is 0 Å². The predicted molar refractivity (Wildman–Crippen MR) is 255 cm³/mol. The van der Waals surface area contributed by atoms with E-state index in [1.54, 1.807) is 5.19 Å². The second-order valence-electron chi connectivity index (χ2n) is 18.8. The molecule has 0 spiro atoms. The van der Waals surface area contributed by atoms with Crippen molar-refractivity contribution in [3.05, 3.63) is 192 Å². The molecule has 0 nitrogen and oxygen atoms in total. The van der Waals surface area contributed by atoms with Gasteiger partial charge in [0.2, 0.25) is 0 Å². The molecule has 0 atom stereocenters. The lowest BCUT2D eigenvalue weighted by Gasteiger charge is -2.23. The number of hydrogen-bond acceptors (Lipinski definition) is 0. The third-order valence-electron chi connectivity index (χ3n) is 14.7. The summed E-state index contributed by atoms with van der Waals surface area (Å²) in [5, 5.41) is 8.27. The Morgan fingerprint density at radius 1 is 0.305 bits per heavy atom. The molecular weight excluding hydrogens is 725 g/mol. The van der Waals surface area contributed by atoms with Crippen molar-refractivity contribution in [1.82, 2.24) is 0 Å². The Balaban J connectivity index is 1.17. The van der Waals surface area contributed by atoms with E-state index in [4.69, 9.17) is 0 Å². The first-order valence-corrected chi connectivity index (χ1v) is 24.3. The summed E-state index contributed by atoms with van der Waals surface area (Å²) in [5.41, 5.74) is 21.5. The average molecular weight is 771 g/mol. The topological polar surface area (TPSA) is 0 Å². The van der Waals surface area contributed by atoms with Crippen molar-refractivity contribution in [2.45, 2.75) is 51.6 Å². The van der Waals surface area contributed by atoms with Gasteiger partial charge in [-0.3, -0.25) is 0 Å². The first kappa shape index (κ1) is 34.7. The lowest BCUT2D eigenvalue weighted by molar-refractivity contribution is 0.660. The van der Waals surface area contributed by atoms with Gasteiger partial charge in [-0.25, -0.2) is 0 Å². The molecule has 0 saturated carbocycles. The molecule has 0 unspecified atom stereocenters. The zero-order valence-electron chi connectivity index (χ0n) is 34.7. The number of fused-ring (bicyclic) bond motifs is 11. The van der Waals surface area contributed by atoms with E-state index in [9.17, 15) is 0 Å². The third-order valence-corrected chi connectivity index (χ3v) is 18.3. The molecule has 0 aromatic heterocycles. The van der Waals surface area contributed by atoms with E-state index in [0.29, 0.717) is 0 Å². The Morgan fingerprint density at radius 2 is 0.831 bits per heavy atom. The van der Waals surface area contributed by atoms with E-state index in [-0.39, 0.29) is 10.8 Å². The summed E-state index contributed by atoms with van der Waals surface area (Å²) in [6.45, 7) is 14.6. The van der Waals surface area contributed by atoms with Crippen LogP contribution in [-0.4, -0.2) is 8.07 Å². The fraction of sp³-hybridized carbons (Fsp3) is 0.138. The van der Waals surface area contributed by atoms with Crippen LogP contribution in [0.25, 0.3) is 88.3 Å². The predicted octanol–water partition coefficient (Wildman–Crippen LogP) is 14.4. The van der Waals surface area contributed by atoms with E-state index in [0.717, 1.165) is 0 Å². The Labute approximate surface area is 348 Å². The zero-order chi connectivity index (χ0) is 40.0. The van der Waals surface area contributed by atoms with Gasteiger partial charge in [-0.1, -0.05) is 192 Å². The number of rotatable bonds is 3. The average Bonchev–Trinajstić information content (AvgIpc) is 3.75. The van der Waals surface area contributed by atoms with Gasteiger partial charge in [-0.15, -0.1) is 0 Å². The lowest BCUT2D eigenvalue weighted by Crippen LogP contribution is -2.49. The highest BCUT2D eigenvalue weighted by Gasteiger charge is 2.39. The highest BCUT2D eigenvalue weighted by atomic mass is 28.3. The number of benzene rings is 9. The van der Waals surface area contributed by atoms with Crippen LogP contribution in [0.2, 0.25) is 13.1 Å². The SMILES string of the molecule is CC1(C)c2ccccc2-c2ccc(-c3ccc4c(-c5ccc6c(c5)-c5ccccc5[Si]6(C)C)c5ccccc5c(-c5cccc6c5-c5ccccc5C6(C)C)c4c3)cc21. The zero-order valence-corrected chi connectivity index (χ0v) is 35.7. The molecule has 0 amide bonds. The van der Waals surface area contributed by atoms with Gasteiger partial charge in [0.15, 0.2) is 0 Å². The number of hydrogen-bond donors (Lipinski definition) is 0. The summed E-state index contributed by atoms with van der Waals surface area (Å²) in [4.78, 5) is 0. The van der Waals surface area contributed by atoms with E-state index in [1.807, 2.05) is 0 Å². The molecule has 0 radical (unpaired) electrons. The fourth-order valence-electron chi connectivity index (χ4n) is 11.7. The van der Waals surface area contributed by atoms with E-state index < -0.39 is 8.07 Å². The van der Waals surface area contributed by atoms with E-state index >= 15 is 0 Å². The van der Waals surface area contributed by atoms with Crippen molar-refractivity contribution in [3.63, 3.8) is 0 Å². The summed E-state index contributed by atoms with van der Waals surface area (Å²) in [6, 6.07) is 65.4. The second-order valence-corrected chi connectivity index (χ2v) is 23.1. The van der Waals surface area contributed by atoms with E-state index in [1.165, 1.54) is 116 Å². The maximum atomic E-state index is 2.52. The molecule has 0 fully saturated rings. The highest BCUT2D eigenvalue weighted by Crippen LogP contribution is 2.55. The van der Waals surface area contributed by atoms with Gasteiger partial charge in [-0.2, -0.15) is 0 Å². The standard InChI is InChI=1S/C58H46Si/c1-57(2)49-23-13-10-20-44(49)56-45(21-15-24-50(56)57)55-42-19-8-7-18-41(42)54(37-28-31-53-46(33-37)40-17-11-14-25-52(40)59(53,5)6)43-30-27-35(32-47(43)55)36-26-29-39-38-16-9-12-22-48(38)58(3,4)51(39)34-36/h7-34H,1-6H3. The molecule has 0 saturated heterocycles. The first-order valence-electron chi connectivity index (χ1n) is 21.3. The molecule has 0 N–H and O–H groups in total. The Kier molecular flexibility index (Phi) is 7.01. The van der Waals surface area contributed by atoms with Crippen LogP contribution in [0.4, 0.5) is 0 Å². The third kappa shape index (κ3) is 4.60. The molecule has 9 aromatic carbocycles. The largest absolute Gasteiger partial charge is 0.113 e. The molecule has 1 aliphatic heterocycles. The van der Waals surface area contributed by atoms with Crippen molar-refractivity contribution >= 4 is 40.0 Å². The van der Waals surface area contributed by atoms with Gasteiger partial charge in [0.25, 0.3) is 0 Å². The Bertz CT molecular complexity index is 3300. The molecule has 3 aliphatic rings. The van der Waals surface area contributed by atoms with E-state index in [2.05, 4.69) is 211 Å². The molecule has 12 rings (SSSR count). The van der Waals surface area contributed by atoms with Crippen LogP contribution in [0.15, 0.2) is 170 Å². The summed E-state index contributed by atoms with van der Waals surface area (Å²) >= 11 is 0. The molecule has 2 aliphatic carbocycles. The molecule has 59 heavy (non-hydrogen) atoms. The first-order chi connectivity index (χ1) is 28.5. The monoisotopic (exact) mass is 770 g/mol. The van der Waals surface area contributed by atoms with Gasteiger partial charge >= 0.3 is 0 Å². The van der Waals surface area contributed by atoms with Crippen LogP contribution in [0, 0.1) is 0 Å². The summed E-state index contributed by atoms with van der Waals surface area (Å²) < 4.78 is 0. The quantitative estimate of drug-likeness (QED) is 0.124. The van der Waals surface area contributed by atoms with Crippen molar-refractivity contribution in [3.8, 4) is 66.8 Å². The Morgan fingerprint density at radius 3 is 1.63 bits per heavy atom. The normalized spacial score (nSPS) is 15.7. The molecule has 1 heterocycles. The van der Waals surface area contributed by atoms with Crippen LogP contribution < -0.4 is 10.4 Å². The second kappa shape index (κ2) is 11.9. The molecular formula is C58H46Si. The maximum Gasteiger partial charge on any atom is 0.113 e. The molecule has 0 bridgehead atoms. The van der Waals surface area contributed by atoms with Crippen molar-refractivity contribution < 1.29 is 0 Å². The van der Waals surface area contributed by atoms with Crippen LogP contribution in [0.1, 0.15) is 49.9 Å². The molecule has 282 valence electrons. The van der Waals surface area contributed by atoms with Crippen molar-refractivity contribution in [1.29, 1.82) is 0 Å². The van der Waals surface area contributed by atoms with Gasteiger partial charge in [-0.05, 0) is 139 Å². The van der Waals surface area contributed by atoms with Gasteiger partial charge < -0.3 is 0 Å². The van der Waals surface area contributed by atoms with Crippen LogP contribution in [-0.2, 0) is 10.8 Å². The van der Waals surface area contributed by atoms with Crippen LogP contribution in [0.5, 0.6) is 0 Å². The highest BCUT2D eigenvalue weighted by molar-refractivity contribution is 7.03. The molecule has 1 heteroatoms. The van der Waals surface area contributed by atoms with Crippen molar-refractivity contribution in [2.24, 2.45) is 0 Å². The van der Waals surface area contributed by atoms with Crippen LogP contribution >= 0.6 is 0 Å². The smallest absolute Gasteiger partial charge is 0.0623 e. The minimum atomic E-state index is -1.80. The summed E-state index contributed by atoms with van der Waals surface area (Å²) in [7, 11) is -1.80. The fourth-order valence-corrected chi connectivity index (χ4v) is 14.8. The van der Waals surface area contributed by atoms with Crippen molar-refractivity contribution in [2.75, 3.05) is 0 Å². The lowest BCUT2D eigenvalue weighted by atomic mass is 9.80. The molecule has 9 aromatic rings. The van der Waals surface area contributed by atoms with Gasteiger partial charge in [0.05, 0.1) is 0 Å². The Hall–Kier alpha value is -6.28.